The number of phosphoric ester groups is 2. The molecule has 2 aromatic heterocycles. The lowest BCUT2D eigenvalue weighted by molar-refractivity contribution is -0.115. The van der Waals surface area contributed by atoms with E-state index in [1.165, 1.54) is 17.3 Å². The van der Waals surface area contributed by atoms with Crippen molar-refractivity contribution in [3.63, 3.8) is 0 Å². The number of anilines is 1. The van der Waals surface area contributed by atoms with Gasteiger partial charge in [-0.05, 0) is 12.8 Å². The van der Waals surface area contributed by atoms with Crippen molar-refractivity contribution in [1.82, 2.24) is 24.4 Å². The quantitative estimate of drug-likeness (QED) is 0.0991. The summed E-state index contributed by atoms with van der Waals surface area (Å²) in [6.07, 6.45) is -7.22. The van der Waals surface area contributed by atoms with Crippen LogP contribution in [0.25, 0.3) is 11.2 Å². The van der Waals surface area contributed by atoms with Crippen LogP contribution in [0.2, 0.25) is 0 Å². The number of allylic oxidation sites excluding steroid dienone is 1. The molecule has 3 aliphatic heterocycles. The monoisotopic (exact) mass is 743 g/mol. The zero-order valence-electron chi connectivity index (χ0n) is 24.4. The van der Waals surface area contributed by atoms with E-state index >= 15 is 0 Å². The van der Waals surface area contributed by atoms with Gasteiger partial charge >= 0.3 is 23.2 Å². The fraction of sp³-hybridized carbons (Fsp3) is 0.545. The van der Waals surface area contributed by atoms with Crippen LogP contribution in [0.15, 0.2) is 36.7 Å². The minimum Gasteiger partial charge on any atom is -0.387 e. The Kier molecular flexibility index (Phi) is 10.6. The van der Waals surface area contributed by atoms with E-state index in [2.05, 4.69) is 19.3 Å². The first-order chi connectivity index (χ1) is 22.4. The fourth-order valence-corrected chi connectivity index (χ4v) is 8.47. The number of fused-ring (bicyclic) bond motifs is 1. The molecular formula is C22H32N7O16P3. The van der Waals surface area contributed by atoms with Gasteiger partial charge in [-0.25, -0.2) is 28.4 Å². The molecule has 5 rings (SSSR count). The second-order valence-electron chi connectivity index (χ2n) is 10.8. The number of hydrogen-bond acceptors (Lipinski definition) is 17. The molecule has 0 radical (unpaired) electrons. The zero-order chi connectivity index (χ0) is 35.2. The Morgan fingerprint density at radius 2 is 1.71 bits per heavy atom. The van der Waals surface area contributed by atoms with Crippen molar-refractivity contribution < 1.29 is 76.2 Å². The molecule has 5 heterocycles. The van der Waals surface area contributed by atoms with Crippen molar-refractivity contribution in [1.29, 1.82) is 0 Å². The first kappa shape index (κ1) is 36.6. The number of aromatic nitrogens is 4. The average Bonchev–Trinajstić information content (AvgIpc) is 3.64. The van der Waals surface area contributed by atoms with Crippen LogP contribution in [0.5, 0.6) is 0 Å². The van der Waals surface area contributed by atoms with Gasteiger partial charge < -0.3 is 60.7 Å². The van der Waals surface area contributed by atoms with Crippen LogP contribution in [-0.4, -0.2) is 121 Å². The third-order valence-corrected chi connectivity index (χ3v) is 11.1. The number of rotatable bonds is 13. The Balaban J connectivity index is 1.20. The topological polar surface area (TPSA) is 355 Å². The largest absolute Gasteiger partial charge is 0.479 e. The molecular weight excluding hydrogens is 711 g/mol. The predicted molar refractivity (Wildman–Crippen MR) is 156 cm³/mol. The maximum atomic E-state index is 12.8. The van der Waals surface area contributed by atoms with Gasteiger partial charge in [-0.15, -0.1) is 0 Å². The minimum absolute atomic E-state index is 0.0320. The Hall–Kier alpha value is -2.69. The second-order valence-corrected chi connectivity index (χ2v) is 15.6. The molecule has 1 amide bonds. The summed E-state index contributed by atoms with van der Waals surface area (Å²) in [4.78, 5) is 63.9. The molecule has 0 aliphatic carbocycles. The number of imidazole rings is 1. The van der Waals surface area contributed by atoms with Gasteiger partial charge in [-0.1, -0.05) is 6.08 Å². The molecule has 26 heteroatoms. The van der Waals surface area contributed by atoms with Crippen LogP contribution < -0.4 is 11.5 Å². The van der Waals surface area contributed by atoms with Gasteiger partial charge in [0.1, 0.15) is 42.4 Å². The summed E-state index contributed by atoms with van der Waals surface area (Å²) in [6.45, 7) is -0.896. The zero-order valence-corrected chi connectivity index (χ0v) is 27.1. The number of carbonyl (C=O) groups is 1. The van der Waals surface area contributed by atoms with Crippen molar-refractivity contribution in [2.45, 2.75) is 61.9 Å². The van der Waals surface area contributed by atoms with Gasteiger partial charge in [0.05, 0.1) is 25.2 Å². The number of phosphoric acid groups is 2. The van der Waals surface area contributed by atoms with Crippen molar-refractivity contribution in [2.75, 3.05) is 18.5 Å². The minimum atomic E-state index is -5.34. The number of primary amides is 1. The van der Waals surface area contributed by atoms with E-state index < -0.39 is 97.4 Å². The van der Waals surface area contributed by atoms with Gasteiger partial charge in [-0.3, -0.25) is 23.0 Å². The van der Waals surface area contributed by atoms with Crippen molar-refractivity contribution in [3.8, 4) is 0 Å². The summed E-state index contributed by atoms with van der Waals surface area (Å²) in [5, 5.41) is 31.7. The number of amides is 1. The highest BCUT2D eigenvalue weighted by Gasteiger charge is 2.50. The van der Waals surface area contributed by atoms with E-state index in [0.29, 0.717) is 0 Å². The van der Waals surface area contributed by atoms with Crippen molar-refractivity contribution >= 4 is 46.1 Å². The predicted octanol–water partition coefficient (Wildman–Crippen LogP) is -2.11. The molecule has 0 bridgehead atoms. The summed E-state index contributed by atoms with van der Waals surface area (Å²) >= 11 is 0. The Morgan fingerprint density at radius 3 is 2.40 bits per heavy atom. The first-order valence-electron chi connectivity index (χ1n) is 13.8. The van der Waals surface area contributed by atoms with Crippen LogP contribution in [0.4, 0.5) is 5.82 Å². The van der Waals surface area contributed by atoms with Crippen molar-refractivity contribution in [2.24, 2.45) is 5.73 Å². The summed E-state index contributed by atoms with van der Waals surface area (Å²) in [5.41, 5.74) is 11.4. The summed E-state index contributed by atoms with van der Waals surface area (Å²) in [5.74, 6) is -0.755. The Morgan fingerprint density at radius 1 is 1.00 bits per heavy atom. The second kappa shape index (κ2) is 13.9. The van der Waals surface area contributed by atoms with Gasteiger partial charge in [0.15, 0.2) is 23.9 Å². The molecule has 2 aromatic rings. The van der Waals surface area contributed by atoms with Crippen LogP contribution in [-0.2, 0) is 41.3 Å². The standard InChI is InChI=1S/C22H32N7O16P3/c23-18-13-20(26-8-25-18)29(9-27-13)22-17(44-47(36,37)38)15(31)11(42-22)3-5-46(34,35)45-48(39,40)41-7-12-14(30)16(32)21(43-12)28-4-1-2-10(6-28)19(24)33/h1,4,6,8-9,11-12,14-17,21-22,30-32H,2-3,5,7H2,(H2,24,33)(H,34,35)(H,39,40)(H2,23,25,26)(H2,36,37,38)/t11-,12-,14-,15-,16-,17-,21-,22?/m1/s1. The van der Waals surface area contributed by atoms with Gasteiger partial charge in [0.25, 0.3) is 0 Å². The number of aliphatic hydroxyl groups is 3. The Labute approximate surface area is 269 Å². The number of aliphatic hydroxyl groups excluding tert-OH is 3. The molecule has 0 aromatic carbocycles. The highest BCUT2D eigenvalue weighted by molar-refractivity contribution is 7.64. The summed E-state index contributed by atoms with van der Waals surface area (Å²) < 4.78 is 63.4. The molecule has 0 saturated carbocycles. The lowest BCUT2D eigenvalue weighted by atomic mass is 10.1. The third-order valence-electron chi connectivity index (χ3n) is 7.43. The van der Waals surface area contributed by atoms with Gasteiger partial charge in [0, 0.05) is 18.0 Å². The van der Waals surface area contributed by atoms with Crippen molar-refractivity contribution in [3.05, 3.63) is 36.7 Å². The maximum absolute atomic E-state index is 12.8. The molecule has 2 fully saturated rings. The molecule has 11 N–H and O–H groups in total. The van der Waals surface area contributed by atoms with E-state index in [4.69, 9.17) is 30.0 Å². The normalized spacial score (nSPS) is 31.9. The number of nitrogens with two attached hydrogens (primary N) is 2. The SMILES string of the molecule is NC(=O)C1=CN([C@@H]2O[C@H](COP(=O)(O)OP(=O)(O)CC[C@H]3OC(n4cnc5c(N)ncnc54)[C@H](OP(=O)(O)O)[C@@H]3O)[C@@H](O)[C@H]2O)C=CC1. The molecule has 23 nitrogen and oxygen atoms in total. The van der Waals surface area contributed by atoms with E-state index in [1.54, 1.807) is 6.08 Å². The lowest BCUT2D eigenvalue weighted by Crippen LogP contribution is -2.40. The van der Waals surface area contributed by atoms with Gasteiger partial charge in [0.2, 0.25) is 5.91 Å². The maximum Gasteiger partial charge on any atom is 0.479 e. The van der Waals surface area contributed by atoms with Crippen LogP contribution in [0.1, 0.15) is 19.1 Å². The molecule has 2 saturated heterocycles. The van der Waals surface area contributed by atoms with Crippen LogP contribution in [0.3, 0.4) is 0 Å². The highest BCUT2D eigenvalue weighted by Crippen LogP contribution is 2.60. The number of nitrogens with zero attached hydrogens (tertiary/aromatic N) is 5. The molecule has 3 unspecified atom stereocenters. The molecule has 0 spiro atoms. The lowest BCUT2D eigenvalue weighted by Gasteiger charge is -2.28. The summed E-state index contributed by atoms with van der Waals surface area (Å²) in [6, 6.07) is 0. The third kappa shape index (κ3) is 8.19. The van der Waals surface area contributed by atoms with Gasteiger partial charge in [-0.2, -0.15) is 0 Å². The van der Waals surface area contributed by atoms with Crippen LogP contribution in [0, 0.1) is 0 Å². The average molecular weight is 743 g/mol. The van der Waals surface area contributed by atoms with Crippen LogP contribution >= 0.6 is 23.2 Å². The Bertz CT molecular complexity index is 1740. The van der Waals surface area contributed by atoms with E-state index in [9.17, 15) is 53.4 Å². The number of carbonyl (C=O) groups excluding carboxylic acids is 1. The number of nitrogen functional groups attached to an aromatic ring is 1. The first-order valence-corrected chi connectivity index (χ1v) is 18.6. The highest BCUT2D eigenvalue weighted by atomic mass is 31.3. The smallest absolute Gasteiger partial charge is 0.387 e. The number of ether oxygens (including phenoxy) is 2. The van der Waals surface area contributed by atoms with E-state index in [-0.39, 0.29) is 29.0 Å². The molecule has 10 atom stereocenters. The van der Waals surface area contributed by atoms with E-state index in [1.807, 2.05) is 0 Å². The fourth-order valence-electron chi connectivity index (χ4n) is 5.21. The summed E-state index contributed by atoms with van der Waals surface area (Å²) in [7, 11) is -15.6. The molecule has 48 heavy (non-hydrogen) atoms. The number of hydrogen-bond donors (Lipinski definition) is 9. The molecule has 266 valence electrons. The molecule has 3 aliphatic rings. The van der Waals surface area contributed by atoms with E-state index in [0.717, 1.165) is 17.2 Å².